The molecule has 33 heavy (non-hydrogen) atoms. The van der Waals surface area contributed by atoms with Gasteiger partial charge in [-0.25, -0.2) is 22.0 Å². The molecule has 0 aromatic heterocycles. The van der Waals surface area contributed by atoms with Gasteiger partial charge in [0.2, 0.25) is 0 Å². The fourth-order valence-electron chi connectivity index (χ4n) is 4.75. The quantitative estimate of drug-likeness (QED) is 0.707. The van der Waals surface area contributed by atoms with Crippen LogP contribution in [0.4, 0.5) is 19.3 Å². The summed E-state index contributed by atoms with van der Waals surface area (Å²) in [6.45, 7) is 1.55. The molecular weight excluding hydrogens is 454 g/mol. The van der Waals surface area contributed by atoms with Crippen molar-refractivity contribution >= 4 is 21.6 Å². The van der Waals surface area contributed by atoms with Crippen LogP contribution in [-0.2, 0) is 27.7 Å². The third kappa shape index (κ3) is 4.22. The van der Waals surface area contributed by atoms with E-state index < -0.39 is 33.6 Å². The van der Waals surface area contributed by atoms with Crippen molar-refractivity contribution < 1.29 is 31.8 Å². The summed E-state index contributed by atoms with van der Waals surface area (Å²) < 4.78 is 58.9. The van der Waals surface area contributed by atoms with Crippen LogP contribution in [0.25, 0.3) is 0 Å². The van der Waals surface area contributed by atoms with Crippen LogP contribution >= 0.6 is 0 Å². The molecule has 0 unspecified atom stereocenters. The zero-order valence-corrected chi connectivity index (χ0v) is 18.6. The second kappa shape index (κ2) is 8.34. The Morgan fingerprint density at radius 3 is 2.55 bits per heavy atom. The van der Waals surface area contributed by atoms with E-state index >= 15 is 0 Å². The molecule has 176 valence electrons. The van der Waals surface area contributed by atoms with Gasteiger partial charge in [0.05, 0.1) is 35.1 Å². The number of fused-ring (bicyclic) bond motifs is 1. The van der Waals surface area contributed by atoms with Gasteiger partial charge in [-0.1, -0.05) is 6.07 Å². The molecule has 1 amide bonds. The number of halogens is 2. The molecule has 2 atom stereocenters. The summed E-state index contributed by atoms with van der Waals surface area (Å²) in [4.78, 5) is 15.3. The van der Waals surface area contributed by atoms with Crippen LogP contribution in [0, 0.1) is 11.6 Å². The highest BCUT2D eigenvalue weighted by atomic mass is 32.2. The molecule has 2 aromatic rings. The minimum absolute atomic E-state index is 0.0727. The number of anilines is 1. The van der Waals surface area contributed by atoms with Crippen LogP contribution in [0.15, 0.2) is 41.3 Å². The maximum Gasteiger partial charge on any atom is 0.412 e. The first-order chi connectivity index (χ1) is 15.7. The second-order valence-electron chi connectivity index (χ2n) is 8.91. The molecule has 0 spiro atoms. The van der Waals surface area contributed by atoms with Crippen molar-refractivity contribution in [3.63, 3.8) is 0 Å². The van der Waals surface area contributed by atoms with Crippen molar-refractivity contribution in [1.82, 2.24) is 4.90 Å². The van der Waals surface area contributed by atoms with Crippen molar-refractivity contribution in [2.75, 3.05) is 18.1 Å². The van der Waals surface area contributed by atoms with E-state index in [-0.39, 0.29) is 23.6 Å². The van der Waals surface area contributed by atoms with Gasteiger partial charge in [-0.05, 0) is 54.7 Å². The Morgan fingerprint density at radius 1 is 1.06 bits per heavy atom. The number of carboxylic acid groups (broad SMARTS) is 1. The summed E-state index contributed by atoms with van der Waals surface area (Å²) in [6, 6.07) is 7.14. The van der Waals surface area contributed by atoms with E-state index in [4.69, 9.17) is 4.74 Å². The predicted octanol–water partition coefficient (Wildman–Crippen LogP) is 3.56. The van der Waals surface area contributed by atoms with Crippen LogP contribution in [0.2, 0.25) is 0 Å². The summed E-state index contributed by atoms with van der Waals surface area (Å²) in [5.74, 6) is -1.54. The third-order valence-electron chi connectivity index (χ3n) is 6.64. The third-order valence-corrected chi connectivity index (χ3v) is 8.90. The smallest absolute Gasteiger partial charge is 0.412 e. The van der Waals surface area contributed by atoms with E-state index in [9.17, 15) is 27.1 Å². The highest BCUT2D eigenvalue weighted by Crippen LogP contribution is 2.36. The van der Waals surface area contributed by atoms with Crippen LogP contribution < -0.4 is 4.90 Å². The summed E-state index contributed by atoms with van der Waals surface area (Å²) in [5.41, 5.74) is 1.62. The summed E-state index contributed by atoms with van der Waals surface area (Å²) >= 11 is 0. The first kappa shape index (κ1) is 22.2. The Balaban J connectivity index is 1.34. The molecule has 2 aliphatic heterocycles. The normalized spacial score (nSPS) is 23.3. The Hall–Kier alpha value is -2.56. The number of benzene rings is 2. The Kier molecular flexibility index (Phi) is 5.62. The Labute approximate surface area is 190 Å². The molecule has 0 radical (unpaired) electrons. The van der Waals surface area contributed by atoms with Gasteiger partial charge in [-0.15, -0.1) is 0 Å². The lowest BCUT2D eigenvalue weighted by atomic mass is 10.0. The highest BCUT2D eigenvalue weighted by molar-refractivity contribution is 7.92. The number of hydrogen-bond acceptors (Lipinski definition) is 5. The molecule has 1 saturated heterocycles. The van der Waals surface area contributed by atoms with E-state index in [0.29, 0.717) is 43.9 Å². The number of amides is 1. The molecule has 3 aliphatic rings. The van der Waals surface area contributed by atoms with E-state index in [1.807, 2.05) is 6.07 Å². The predicted molar refractivity (Wildman–Crippen MR) is 116 cm³/mol. The maximum absolute atomic E-state index is 14.3. The van der Waals surface area contributed by atoms with E-state index in [0.717, 1.165) is 34.2 Å². The number of sulfone groups is 1. The Morgan fingerprint density at radius 2 is 1.82 bits per heavy atom. The monoisotopic (exact) mass is 478 g/mol. The van der Waals surface area contributed by atoms with Gasteiger partial charge in [0.25, 0.3) is 0 Å². The summed E-state index contributed by atoms with van der Waals surface area (Å²) in [6.07, 6.45) is 0.411. The molecule has 2 aromatic carbocycles. The zero-order valence-electron chi connectivity index (χ0n) is 17.8. The SMILES string of the molecule is O=C(O)N(c1cc(F)ccc1F)[C@@H]1COC[C@H](N2Cc3ccc(S(=O)(=O)C4CC4)cc3C2)C1. The Bertz CT molecular complexity index is 1200. The molecule has 5 rings (SSSR count). The van der Waals surface area contributed by atoms with Crippen molar-refractivity contribution in [1.29, 1.82) is 0 Å². The van der Waals surface area contributed by atoms with Crippen LogP contribution in [-0.4, -0.2) is 55.1 Å². The van der Waals surface area contributed by atoms with Gasteiger partial charge in [0.1, 0.15) is 11.6 Å². The molecule has 1 N–H and O–H groups in total. The van der Waals surface area contributed by atoms with E-state index in [1.165, 1.54) is 0 Å². The largest absolute Gasteiger partial charge is 0.465 e. The number of carbonyl (C=O) groups is 1. The lowest BCUT2D eigenvalue weighted by molar-refractivity contribution is 0.00400. The molecule has 7 nitrogen and oxygen atoms in total. The van der Waals surface area contributed by atoms with E-state index in [1.54, 1.807) is 12.1 Å². The summed E-state index contributed by atoms with van der Waals surface area (Å²) in [5, 5.41) is 9.48. The minimum atomic E-state index is -3.28. The molecular formula is C23H24F2N2O5S. The van der Waals surface area contributed by atoms with Gasteiger partial charge >= 0.3 is 6.09 Å². The topological polar surface area (TPSA) is 87.2 Å². The van der Waals surface area contributed by atoms with Crippen LogP contribution in [0.3, 0.4) is 0 Å². The maximum atomic E-state index is 14.3. The van der Waals surface area contributed by atoms with Gasteiger partial charge in [0.15, 0.2) is 9.84 Å². The standard InChI is InChI=1S/C23H24F2N2O5S/c24-16-2-6-21(25)22(8-16)27(23(28)29)18-9-17(12-32-13-18)26-10-14-1-3-20(7-15(14)11-26)33(30,31)19-4-5-19/h1-3,6-8,17-19H,4-5,9-13H2,(H,28,29)/t17-,18+/m1/s1. The number of ether oxygens (including phenoxy) is 1. The second-order valence-corrected chi connectivity index (χ2v) is 11.1. The molecule has 2 fully saturated rings. The van der Waals surface area contributed by atoms with Crippen LogP contribution in [0.5, 0.6) is 0 Å². The molecule has 1 aliphatic carbocycles. The fourth-order valence-corrected chi connectivity index (χ4v) is 6.46. The molecule has 10 heteroatoms. The average Bonchev–Trinajstić information content (AvgIpc) is 3.56. The van der Waals surface area contributed by atoms with Crippen molar-refractivity contribution in [2.24, 2.45) is 0 Å². The highest BCUT2D eigenvalue weighted by Gasteiger charge is 2.39. The first-order valence-electron chi connectivity index (χ1n) is 10.9. The van der Waals surface area contributed by atoms with Gasteiger partial charge in [-0.3, -0.25) is 9.80 Å². The molecule has 2 heterocycles. The van der Waals surface area contributed by atoms with E-state index in [2.05, 4.69) is 4.90 Å². The van der Waals surface area contributed by atoms with Crippen LogP contribution in [0.1, 0.15) is 30.4 Å². The van der Waals surface area contributed by atoms with Crippen molar-refractivity contribution in [3.05, 3.63) is 59.2 Å². The fraction of sp³-hybridized carbons (Fsp3) is 0.435. The van der Waals surface area contributed by atoms with Gasteiger partial charge in [-0.2, -0.15) is 0 Å². The molecule has 1 saturated carbocycles. The lowest BCUT2D eigenvalue weighted by Gasteiger charge is -2.39. The van der Waals surface area contributed by atoms with Crippen molar-refractivity contribution in [3.8, 4) is 0 Å². The first-order valence-corrected chi connectivity index (χ1v) is 12.4. The van der Waals surface area contributed by atoms with Crippen molar-refractivity contribution in [2.45, 2.75) is 54.6 Å². The molecule has 0 bridgehead atoms. The summed E-state index contributed by atoms with van der Waals surface area (Å²) in [7, 11) is -3.28. The number of nitrogens with zero attached hydrogens (tertiary/aromatic N) is 2. The average molecular weight is 479 g/mol. The number of rotatable bonds is 5. The van der Waals surface area contributed by atoms with Gasteiger partial charge in [0, 0.05) is 25.2 Å². The minimum Gasteiger partial charge on any atom is -0.465 e. The zero-order chi connectivity index (χ0) is 23.3. The number of hydrogen-bond donors (Lipinski definition) is 1. The van der Waals surface area contributed by atoms with Gasteiger partial charge < -0.3 is 9.84 Å². The lowest BCUT2D eigenvalue weighted by Crippen LogP contribution is -2.51.